The van der Waals surface area contributed by atoms with Gasteiger partial charge in [-0.15, -0.1) is 0 Å². The maximum Gasteiger partial charge on any atom is 0.00672 e. The molecule has 2 heteroatoms. The molecule has 1 saturated heterocycles. The quantitative estimate of drug-likeness (QED) is 0.517. The smallest absolute Gasteiger partial charge is 0.00672 e. The van der Waals surface area contributed by atoms with Crippen molar-refractivity contribution in [3.8, 4) is 0 Å². The number of likely N-dealkylation sites (tertiary alicyclic amines) is 1. The van der Waals surface area contributed by atoms with E-state index in [1.807, 2.05) is 0 Å². The molecule has 1 fully saturated rings. The van der Waals surface area contributed by atoms with E-state index in [0.29, 0.717) is 0 Å². The van der Waals surface area contributed by atoms with Crippen LogP contribution in [0.1, 0.15) is 86.0 Å². The van der Waals surface area contributed by atoms with E-state index in [1.165, 1.54) is 77.5 Å². The van der Waals surface area contributed by atoms with Gasteiger partial charge < -0.3 is 10.2 Å². The monoisotopic (exact) mass is 324 g/mol. The van der Waals surface area contributed by atoms with Crippen LogP contribution in [0.15, 0.2) is 0 Å². The second kappa shape index (κ2) is 12.3. The molecule has 23 heavy (non-hydrogen) atoms. The first kappa shape index (κ1) is 21.0. The zero-order valence-corrected chi connectivity index (χ0v) is 16.7. The molecule has 1 N–H and O–H groups in total. The lowest BCUT2D eigenvalue weighted by molar-refractivity contribution is 0.272. The van der Waals surface area contributed by atoms with Gasteiger partial charge in [-0.25, -0.2) is 0 Å². The Morgan fingerprint density at radius 2 is 1.57 bits per heavy atom. The fourth-order valence-electron chi connectivity index (χ4n) is 3.57. The van der Waals surface area contributed by atoms with Crippen LogP contribution in [-0.2, 0) is 0 Å². The van der Waals surface area contributed by atoms with Gasteiger partial charge in [-0.05, 0) is 95.3 Å². The molecule has 1 unspecified atom stereocenters. The van der Waals surface area contributed by atoms with Crippen molar-refractivity contribution in [2.24, 2.45) is 17.8 Å². The minimum Gasteiger partial charge on any atom is -0.314 e. The molecule has 0 amide bonds. The highest BCUT2D eigenvalue weighted by molar-refractivity contribution is 4.71. The van der Waals surface area contributed by atoms with Crippen LogP contribution in [-0.4, -0.2) is 37.1 Å². The normalized spacial score (nSPS) is 20.6. The molecule has 0 aliphatic carbocycles. The molecule has 2 nitrogen and oxygen atoms in total. The van der Waals surface area contributed by atoms with Crippen molar-refractivity contribution in [3.05, 3.63) is 0 Å². The van der Waals surface area contributed by atoms with E-state index in [9.17, 15) is 0 Å². The number of nitrogens with one attached hydrogen (secondary N) is 1. The van der Waals surface area contributed by atoms with Crippen molar-refractivity contribution in [1.29, 1.82) is 0 Å². The Morgan fingerprint density at radius 1 is 0.913 bits per heavy atom. The Bertz CT molecular complexity index is 263. The van der Waals surface area contributed by atoms with Gasteiger partial charge in [0.2, 0.25) is 0 Å². The molecular formula is C21H44N2. The van der Waals surface area contributed by atoms with Gasteiger partial charge in [-0.2, -0.15) is 0 Å². The average Bonchev–Trinajstić information content (AvgIpc) is 2.69. The second-order valence-electron chi connectivity index (χ2n) is 8.82. The first-order chi connectivity index (χ1) is 11.0. The first-order valence-corrected chi connectivity index (χ1v) is 10.4. The number of hydrogen-bond acceptors (Lipinski definition) is 2. The van der Waals surface area contributed by atoms with Crippen LogP contribution < -0.4 is 5.32 Å². The fraction of sp³-hybridized carbons (Fsp3) is 1.00. The van der Waals surface area contributed by atoms with Crippen molar-refractivity contribution >= 4 is 0 Å². The zero-order chi connectivity index (χ0) is 17.1. The predicted molar refractivity (Wildman–Crippen MR) is 104 cm³/mol. The third-order valence-electron chi connectivity index (χ3n) is 5.38. The van der Waals surface area contributed by atoms with E-state index >= 15 is 0 Å². The molecule has 1 atom stereocenters. The third-order valence-corrected chi connectivity index (χ3v) is 5.38. The molecule has 0 aromatic rings. The van der Waals surface area contributed by atoms with Gasteiger partial charge in [0.25, 0.3) is 0 Å². The summed E-state index contributed by atoms with van der Waals surface area (Å²) in [7, 11) is 0. The SMILES string of the molecule is CC(C)CCC(CCC(C)C)NCCCN1CCCC(C)CC1. The van der Waals surface area contributed by atoms with Crippen LogP contribution in [0.25, 0.3) is 0 Å². The van der Waals surface area contributed by atoms with Crippen molar-refractivity contribution in [1.82, 2.24) is 10.2 Å². The maximum absolute atomic E-state index is 3.87. The minimum absolute atomic E-state index is 0.740. The fourth-order valence-corrected chi connectivity index (χ4v) is 3.57. The lowest BCUT2D eigenvalue weighted by atomic mass is 9.97. The van der Waals surface area contributed by atoms with Crippen molar-refractivity contribution in [3.63, 3.8) is 0 Å². The van der Waals surface area contributed by atoms with Crippen molar-refractivity contribution in [2.75, 3.05) is 26.2 Å². The summed E-state index contributed by atoms with van der Waals surface area (Å²) < 4.78 is 0. The van der Waals surface area contributed by atoms with Crippen LogP contribution in [0, 0.1) is 17.8 Å². The predicted octanol–water partition coefficient (Wildman–Crippen LogP) is 5.33. The Balaban J connectivity index is 2.19. The largest absolute Gasteiger partial charge is 0.314 e. The number of hydrogen-bond donors (Lipinski definition) is 1. The molecule has 0 aromatic carbocycles. The molecule has 0 aromatic heterocycles. The van der Waals surface area contributed by atoms with E-state index < -0.39 is 0 Å². The van der Waals surface area contributed by atoms with E-state index in [1.54, 1.807) is 0 Å². The second-order valence-corrected chi connectivity index (χ2v) is 8.82. The van der Waals surface area contributed by atoms with E-state index in [4.69, 9.17) is 0 Å². The maximum atomic E-state index is 3.87. The molecular weight excluding hydrogens is 280 g/mol. The van der Waals surface area contributed by atoms with E-state index in [0.717, 1.165) is 23.8 Å². The first-order valence-electron chi connectivity index (χ1n) is 10.4. The third kappa shape index (κ3) is 11.2. The summed E-state index contributed by atoms with van der Waals surface area (Å²) in [6.45, 7) is 17.0. The summed E-state index contributed by atoms with van der Waals surface area (Å²) in [6.07, 6.45) is 11.0. The molecule has 1 aliphatic heterocycles. The van der Waals surface area contributed by atoms with Gasteiger partial charge in [-0.3, -0.25) is 0 Å². The highest BCUT2D eigenvalue weighted by Gasteiger charge is 2.14. The summed E-state index contributed by atoms with van der Waals surface area (Å²) >= 11 is 0. The van der Waals surface area contributed by atoms with Gasteiger partial charge in [0.15, 0.2) is 0 Å². The van der Waals surface area contributed by atoms with Crippen molar-refractivity contribution < 1.29 is 0 Å². The lowest BCUT2D eigenvalue weighted by Crippen LogP contribution is -2.33. The zero-order valence-electron chi connectivity index (χ0n) is 16.7. The Morgan fingerprint density at radius 3 is 2.17 bits per heavy atom. The van der Waals surface area contributed by atoms with E-state index in [-0.39, 0.29) is 0 Å². The van der Waals surface area contributed by atoms with Crippen LogP contribution >= 0.6 is 0 Å². The number of nitrogens with zero attached hydrogens (tertiary/aromatic N) is 1. The molecule has 138 valence electrons. The molecule has 0 radical (unpaired) electrons. The van der Waals surface area contributed by atoms with E-state index in [2.05, 4.69) is 44.8 Å². The molecule has 0 saturated carbocycles. The summed E-state index contributed by atoms with van der Waals surface area (Å²) in [6, 6.07) is 0.740. The molecule has 0 spiro atoms. The van der Waals surface area contributed by atoms with Crippen molar-refractivity contribution in [2.45, 2.75) is 92.0 Å². The van der Waals surface area contributed by atoms with Crippen LogP contribution in [0.4, 0.5) is 0 Å². The Labute approximate surface area is 146 Å². The van der Waals surface area contributed by atoms with Gasteiger partial charge in [0, 0.05) is 6.04 Å². The molecule has 1 rings (SSSR count). The van der Waals surface area contributed by atoms with Crippen LogP contribution in [0.5, 0.6) is 0 Å². The highest BCUT2D eigenvalue weighted by atomic mass is 15.1. The van der Waals surface area contributed by atoms with Gasteiger partial charge in [0.1, 0.15) is 0 Å². The topological polar surface area (TPSA) is 15.3 Å². The van der Waals surface area contributed by atoms with Gasteiger partial charge in [0.05, 0.1) is 0 Å². The molecule has 0 bridgehead atoms. The standard InChI is InChI=1S/C21H44N2/c1-18(2)9-11-21(12-10-19(3)4)22-14-7-16-23-15-6-8-20(5)13-17-23/h18-22H,6-17H2,1-5H3. The Kier molecular flexibility index (Phi) is 11.2. The summed E-state index contributed by atoms with van der Waals surface area (Å²) in [5, 5.41) is 3.87. The summed E-state index contributed by atoms with van der Waals surface area (Å²) in [5.74, 6) is 2.60. The Hall–Kier alpha value is -0.0800. The van der Waals surface area contributed by atoms with Crippen LogP contribution in [0.2, 0.25) is 0 Å². The molecule has 1 aliphatic rings. The highest BCUT2D eigenvalue weighted by Crippen LogP contribution is 2.17. The minimum atomic E-state index is 0.740. The van der Waals surface area contributed by atoms with Crippen LogP contribution in [0.3, 0.4) is 0 Å². The lowest BCUT2D eigenvalue weighted by Gasteiger charge is -2.23. The summed E-state index contributed by atoms with van der Waals surface area (Å²) in [5.41, 5.74) is 0. The summed E-state index contributed by atoms with van der Waals surface area (Å²) in [4.78, 5) is 2.70. The molecule has 1 heterocycles. The van der Waals surface area contributed by atoms with Gasteiger partial charge >= 0.3 is 0 Å². The average molecular weight is 325 g/mol. The number of rotatable bonds is 11. The van der Waals surface area contributed by atoms with Gasteiger partial charge in [-0.1, -0.05) is 34.6 Å².